The van der Waals surface area contributed by atoms with E-state index in [1.807, 2.05) is 19.4 Å². The summed E-state index contributed by atoms with van der Waals surface area (Å²) >= 11 is 0. The van der Waals surface area contributed by atoms with Gasteiger partial charge in [-0.05, 0) is 32.1 Å². The van der Waals surface area contributed by atoms with Crippen molar-refractivity contribution in [1.82, 2.24) is 19.9 Å². The summed E-state index contributed by atoms with van der Waals surface area (Å²) < 4.78 is 2.14. The molecule has 2 rings (SSSR count). The topological polar surface area (TPSA) is 42.7 Å². The molecule has 4 heteroatoms. The fraction of sp³-hybridized carbons (Fsp3) is 0.400. The van der Waals surface area contributed by atoms with Crippen LogP contribution in [0.25, 0.3) is 11.2 Å². The summed E-state index contributed by atoms with van der Waals surface area (Å²) in [6, 6.07) is 3.99. The molecule has 0 radical (unpaired) electrons. The van der Waals surface area contributed by atoms with E-state index in [1.165, 1.54) is 0 Å². The maximum atomic E-state index is 4.23. The van der Waals surface area contributed by atoms with E-state index in [4.69, 9.17) is 0 Å². The minimum Gasteiger partial charge on any atom is -0.329 e. The molecule has 0 atom stereocenters. The third-order valence-corrected chi connectivity index (χ3v) is 2.22. The van der Waals surface area contributed by atoms with Crippen LogP contribution in [0.1, 0.15) is 6.42 Å². The van der Waals surface area contributed by atoms with E-state index in [0.717, 1.165) is 30.7 Å². The first-order valence-corrected chi connectivity index (χ1v) is 4.82. The molecule has 0 aliphatic heterocycles. The average molecular weight is 190 g/mol. The van der Waals surface area contributed by atoms with Crippen LogP contribution in [-0.4, -0.2) is 28.1 Å². The molecule has 0 unspecified atom stereocenters. The van der Waals surface area contributed by atoms with E-state index in [2.05, 4.69) is 25.9 Å². The molecule has 0 amide bonds. The minimum absolute atomic E-state index is 0.831. The molecular weight excluding hydrogens is 176 g/mol. The molecule has 0 fully saturated rings. The molecule has 74 valence electrons. The first kappa shape index (κ1) is 9.15. The number of aromatic nitrogens is 3. The summed E-state index contributed by atoms with van der Waals surface area (Å²) in [7, 11) is 1.97. The van der Waals surface area contributed by atoms with Gasteiger partial charge in [-0.1, -0.05) is 0 Å². The number of hydrogen-bond donors (Lipinski definition) is 1. The molecule has 2 heterocycles. The van der Waals surface area contributed by atoms with Gasteiger partial charge in [-0.25, -0.2) is 9.97 Å². The van der Waals surface area contributed by atoms with Gasteiger partial charge in [-0.3, -0.25) is 0 Å². The van der Waals surface area contributed by atoms with Crippen molar-refractivity contribution in [3.63, 3.8) is 0 Å². The number of rotatable bonds is 4. The number of nitrogens with one attached hydrogen (secondary N) is 1. The number of hydrogen-bond acceptors (Lipinski definition) is 3. The lowest BCUT2D eigenvalue weighted by Crippen LogP contribution is -2.10. The molecule has 14 heavy (non-hydrogen) atoms. The normalized spacial score (nSPS) is 10.9. The highest BCUT2D eigenvalue weighted by Crippen LogP contribution is 2.08. The second kappa shape index (κ2) is 4.19. The number of fused-ring (bicyclic) bond motifs is 1. The van der Waals surface area contributed by atoms with Gasteiger partial charge in [0.1, 0.15) is 0 Å². The van der Waals surface area contributed by atoms with Gasteiger partial charge in [-0.15, -0.1) is 0 Å². The van der Waals surface area contributed by atoms with Gasteiger partial charge in [0.15, 0.2) is 5.65 Å². The molecule has 0 bridgehead atoms. The van der Waals surface area contributed by atoms with Gasteiger partial charge in [0.25, 0.3) is 0 Å². The Hall–Kier alpha value is -1.42. The largest absolute Gasteiger partial charge is 0.329 e. The summed E-state index contributed by atoms with van der Waals surface area (Å²) in [5, 5.41) is 3.13. The quantitative estimate of drug-likeness (QED) is 0.732. The average Bonchev–Trinajstić information content (AvgIpc) is 2.63. The smallest absolute Gasteiger partial charge is 0.177 e. The van der Waals surface area contributed by atoms with Gasteiger partial charge in [0.2, 0.25) is 0 Å². The Morgan fingerprint density at radius 3 is 3.21 bits per heavy atom. The Morgan fingerprint density at radius 1 is 1.43 bits per heavy atom. The van der Waals surface area contributed by atoms with Gasteiger partial charge in [-0.2, -0.15) is 0 Å². The molecule has 0 saturated heterocycles. The number of nitrogens with zero attached hydrogens (tertiary/aromatic N) is 3. The highest BCUT2D eigenvalue weighted by molar-refractivity contribution is 5.70. The van der Waals surface area contributed by atoms with Gasteiger partial charge < -0.3 is 9.88 Å². The Labute approximate surface area is 83.0 Å². The lowest BCUT2D eigenvalue weighted by Gasteiger charge is -2.02. The Bertz CT molecular complexity index is 407. The van der Waals surface area contributed by atoms with Crippen molar-refractivity contribution in [3.8, 4) is 0 Å². The van der Waals surface area contributed by atoms with Crippen molar-refractivity contribution in [2.75, 3.05) is 13.6 Å². The molecule has 0 aliphatic carbocycles. The van der Waals surface area contributed by atoms with E-state index in [1.54, 1.807) is 6.20 Å². The monoisotopic (exact) mass is 190 g/mol. The van der Waals surface area contributed by atoms with Crippen LogP contribution in [0.2, 0.25) is 0 Å². The zero-order valence-electron chi connectivity index (χ0n) is 8.27. The van der Waals surface area contributed by atoms with Crippen LogP contribution in [0.4, 0.5) is 0 Å². The van der Waals surface area contributed by atoms with Crippen LogP contribution in [0, 0.1) is 0 Å². The summed E-state index contributed by atoms with van der Waals surface area (Å²) in [5.41, 5.74) is 1.94. The summed E-state index contributed by atoms with van der Waals surface area (Å²) in [4.78, 5) is 8.41. The van der Waals surface area contributed by atoms with Crippen molar-refractivity contribution in [3.05, 3.63) is 24.7 Å². The predicted molar refractivity (Wildman–Crippen MR) is 56.1 cm³/mol. The third kappa shape index (κ3) is 1.75. The van der Waals surface area contributed by atoms with Crippen LogP contribution in [0.3, 0.4) is 0 Å². The van der Waals surface area contributed by atoms with Crippen LogP contribution < -0.4 is 5.32 Å². The summed E-state index contributed by atoms with van der Waals surface area (Å²) in [5.74, 6) is 0. The molecule has 0 aliphatic rings. The predicted octanol–water partition coefficient (Wildman–Crippen LogP) is 1.04. The molecule has 4 nitrogen and oxygen atoms in total. The second-order valence-corrected chi connectivity index (χ2v) is 3.24. The van der Waals surface area contributed by atoms with E-state index in [9.17, 15) is 0 Å². The van der Waals surface area contributed by atoms with E-state index >= 15 is 0 Å². The molecule has 0 aromatic carbocycles. The molecule has 0 spiro atoms. The lowest BCUT2D eigenvalue weighted by atomic mass is 10.4. The van der Waals surface area contributed by atoms with Gasteiger partial charge in [0, 0.05) is 12.7 Å². The zero-order valence-corrected chi connectivity index (χ0v) is 8.27. The summed E-state index contributed by atoms with van der Waals surface area (Å²) in [6.07, 6.45) is 4.73. The van der Waals surface area contributed by atoms with E-state index in [0.29, 0.717) is 0 Å². The SMILES string of the molecule is CNCCCn1cnc2ncccc21. The van der Waals surface area contributed by atoms with E-state index in [-0.39, 0.29) is 0 Å². The van der Waals surface area contributed by atoms with Gasteiger partial charge in [0.05, 0.1) is 11.8 Å². The van der Waals surface area contributed by atoms with Crippen LogP contribution in [0.15, 0.2) is 24.7 Å². The zero-order chi connectivity index (χ0) is 9.80. The first-order chi connectivity index (χ1) is 6.92. The second-order valence-electron chi connectivity index (χ2n) is 3.24. The Kier molecular flexibility index (Phi) is 2.74. The van der Waals surface area contributed by atoms with Crippen molar-refractivity contribution < 1.29 is 0 Å². The fourth-order valence-corrected chi connectivity index (χ4v) is 1.50. The maximum absolute atomic E-state index is 4.23. The van der Waals surface area contributed by atoms with Crippen molar-refractivity contribution in [2.24, 2.45) is 0 Å². The number of aryl methyl sites for hydroxylation is 1. The van der Waals surface area contributed by atoms with Crippen LogP contribution in [0.5, 0.6) is 0 Å². The van der Waals surface area contributed by atoms with E-state index < -0.39 is 0 Å². The fourth-order valence-electron chi connectivity index (χ4n) is 1.50. The summed E-state index contributed by atoms with van der Waals surface area (Å²) in [6.45, 7) is 2.02. The van der Waals surface area contributed by atoms with Crippen LogP contribution >= 0.6 is 0 Å². The van der Waals surface area contributed by atoms with Crippen molar-refractivity contribution >= 4 is 11.2 Å². The molecule has 2 aromatic rings. The van der Waals surface area contributed by atoms with Crippen molar-refractivity contribution in [1.29, 1.82) is 0 Å². The highest BCUT2D eigenvalue weighted by atomic mass is 15.1. The molecule has 0 saturated carbocycles. The Balaban J connectivity index is 2.17. The lowest BCUT2D eigenvalue weighted by molar-refractivity contribution is 0.624. The number of imidazole rings is 1. The van der Waals surface area contributed by atoms with Crippen LogP contribution in [-0.2, 0) is 6.54 Å². The number of pyridine rings is 1. The third-order valence-electron chi connectivity index (χ3n) is 2.22. The highest BCUT2D eigenvalue weighted by Gasteiger charge is 2.00. The first-order valence-electron chi connectivity index (χ1n) is 4.82. The minimum atomic E-state index is 0.831. The standard InChI is InChI=1S/C10H14N4/c1-11-5-3-7-14-8-13-10-9(14)4-2-6-12-10/h2,4,6,8,11H,3,5,7H2,1H3. The Morgan fingerprint density at radius 2 is 2.36 bits per heavy atom. The molecule has 1 N–H and O–H groups in total. The van der Waals surface area contributed by atoms with Gasteiger partial charge >= 0.3 is 0 Å². The molecule has 2 aromatic heterocycles. The van der Waals surface area contributed by atoms with Crippen molar-refractivity contribution in [2.45, 2.75) is 13.0 Å². The molecular formula is C10H14N4. The maximum Gasteiger partial charge on any atom is 0.177 e.